The lowest BCUT2D eigenvalue weighted by Crippen LogP contribution is -2.12. The first-order valence-corrected chi connectivity index (χ1v) is 6.84. The fourth-order valence-electron chi connectivity index (χ4n) is 2.05. The van der Waals surface area contributed by atoms with Crippen LogP contribution in [0.4, 0.5) is 5.69 Å². The van der Waals surface area contributed by atoms with E-state index in [-0.39, 0.29) is 5.56 Å². The predicted molar refractivity (Wildman–Crippen MR) is 73.2 cm³/mol. The second-order valence-electron chi connectivity index (χ2n) is 4.35. The standard InChI is InChI=1S/C13H16BrNO3/c14-12-8-9(3-4-11(12)13(16)17)15-6-5-10-2-1-7-18-10/h3-4,8,10,15H,1-2,5-7H2,(H,16,17). The molecule has 5 heteroatoms. The SMILES string of the molecule is O=C(O)c1ccc(NCCC2CCCO2)cc1Br. The summed E-state index contributed by atoms with van der Waals surface area (Å²) in [5, 5.41) is 12.2. The van der Waals surface area contributed by atoms with Gasteiger partial charge in [0, 0.05) is 23.3 Å². The van der Waals surface area contributed by atoms with Gasteiger partial charge in [0.05, 0.1) is 11.7 Å². The molecule has 1 saturated heterocycles. The van der Waals surface area contributed by atoms with Gasteiger partial charge in [0.1, 0.15) is 0 Å². The fraction of sp³-hybridized carbons (Fsp3) is 0.462. The van der Waals surface area contributed by atoms with Crippen LogP contribution in [0.5, 0.6) is 0 Å². The molecule has 1 unspecified atom stereocenters. The molecule has 1 heterocycles. The number of carboxylic acid groups (broad SMARTS) is 1. The lowest BCUT2D eigenvalue weighted by atomic mass is 10.1. The highest BCUT2D eigenvalue weighted by molar-refractivity contribution is 9.10. The number of hydrogen-bond acceptors (Lipinski definition) is 3. The lowest BCUT2D eigenvalue weighted by Gasteiger charge is -2.11. The van der Waals surface area contributed by atoms with Gasteiger partial charge in [-0.15, -0.1) is 0 Å². The maximum Gasteiger partial charge on any atom is 0.336 e. The van der Waals surface area contributed by atoms with Crippen molar-refractivity contribution in [2.24, 2.45) is 0 Å². The summed E-state index contributed by atoms with van der Waals surface area (Å²) in [6.45, 7) is 1.72. The van der Waals surface area contributed by atoms with Crippen LogP contribution in [0.1, 0.15) is 29.6 Å². The van der Waals surface area contributed by atoms with Gasteiger partial charge in [-0.2, -0.15) is 0 Å². The van der Waals surface area contributed by atoms with E-state index in [0.29, 0.717) is 10.6 Å². The summed E-state index contributed by atoms with van der Waals surface area (Å²) in [5.41, 5.74) is 1.20. The molecule has 1 atom stereocenters. The van der Waals surface area contributed by atoms with Crippen molar-refractivity contribution in [1.82, 2.24) is 0 Å². The number of halogens is 1. The van der Waals surface area contributed by atoms with Gasteiger partial charge in [-0.3, -0.25) is 0 Å². The van der Waals surface area contributed by atoms with Crippen molar-refractivity contribution in [3.63, 3.8) is 0 Å². The van der Waals surface area contributed by atoms with Crippen molar-refractivity contribution in [2.45, 2.75) is 25.4 Å². The topological polar surface area (TPSA) is 58.6 Å². The Kier molecular flexibility index (Phi) is 4.60. The van der Waals surface area contributed by atoms with Gasteiger partial charge < -0.3 is 15.2 Å². The smallest absolute Gasteiger partial charge is 0.336 e. The normalized spacial score (nSPS) is 18.8. The number of hydrogen-bond donors (Lipinski definition) is 2. The number of aromatic carboxylic acids is 1. The minimum absolute atomic E-state index is 0.277. The van der Waals surface area contributed by atoms with E-state index >= 15 is 0 Å². The minimum atomic E-state index is -0.923. The van der Waals surface area contributed by atoms with Crippen LogP contribution in [0.15, 0.2) is 22.7 Å². The van der Waals surface area contributed by atoms with E-state index in [9.17, 15) is 4.79 Å². The molecule has 0 bridgehead atoms. The Labute approximate surface area is 114 Å². The maximum atomic E-state index is 10.9. The van der Waals surface area contributed by atoms with E-state index in [2.05, 4.69) is 21.2 Å². The Bertz CT molecular complexity index is 430. The molecule has 0 saturated carbocycles. The zero-order chi connectivity index (χ0) is 13.0. The number of rotatable bonds is 5. The van der Waals surface area contributed by atoms with Crippen molar-refractivity contribution in [3.8, 4) is 0 Å². The highest BCUT2D eigenvalue weighted by Crippen LogP contribution is 2.22. The van der Waals surface area contributed by atoms with E-state index in [1.165, 1.54) is 0 Å². The summed E-state index contributed by atoms with van der Waals surface area (Å²) in [5.74, 6) is -0.923. The Morgan fingerprint density at radius 2 is 2.39 bits per heavy atom. The number of benzene rings is 1. The van der Waals surface area contributed by atoms with Crippen LogP contribution in [0.3, 0.4) is 0 Å². The molecule has 1 fully saturated rings. The molecule has 0 aliphatic carbocycles. The molecular weight excluding hydrogens is 298 g/mol. The van der Waals surface area contributed by atoms with E-state index in [4.69, 9.17) is 9.84 Å². The van der Waals surface area contributed by atoms with Gasteiger partial charge in [0.2, 0.25) is 0 Å². The van der Waals surface area contributed by atoms with Gasteiger partial charge in [0.15, 0.2) is 0 Å². The Morgan fingerprint density at radius 3 is 3.00 bits per heavy atom. The number of carboxylic acids is 1. The van der Waals surface area contributed by atoms with Crippen molar-refractivity contribution in [2.75, 3.05) is 18.5 Å². The number of ether oxygens (including phenoxy) is 1. The molecule has 1 aromatic carbocycles. The minimum Gasteiger partial charge on any atom is -0.478 e. The third kappa shape index (κ3) is 3.46. The van der Waals surface area contributed by atoms with Crippen LogP contribution < -0.4 is 5.32 Å². The first kappa shape index (κ1) is 13.4. The van der Waals surface area contributed by atoms with Crippen LogP contribution in [0.25, 0.3) is 0 Å². The second kappa shape index (κ2) is 6.20. The molecule has 0 aromatic heterocycles. The average molecular weight is 314 g/mol. The molecule has 0 radical (unpaired) electrons. The molecule has 98 valence electrons. The van der Waals surface area contributed by atoms with Crippen LogP contribution >= 0.6 is 15.9 Å². The van der Waals surface area contributed by atoms with Crippen LogP contribution in [0, 0.1) is 0 Å². The molecule has 0 spiro atoms. The molecule has 1 aliphatic rings. The molecule has 1 aromatic rings. The summed E-state index contributed by atoms with van der Waals surface area (Å²) in [6.07, 6.45) is 3.66. The zero-order valence-corrected chi connectivity index (χ0v) is 11.6. The molecule has 0 amide bonds. The third-order valence-corrected chi connectivity index (χ3v) is 3.68. The van der Waals surface area contributed by atoms with Crippen molar-refractivity contribution in [1.29, 1.82) is 0 Å². The van der Waals surface area contributed by atoms with Crippen LogP contribution in [-0.2, 0) is 4.74 Å². The van der Waals surface area contributed by atoms with Gasteiger partial charge >= 0.3 is 5.97 Å². The van der Waals surface area contributed by atoms with E-state index in [1.807, 2.05) is 0 Å². The second-order valence-corrected chi connectivity index (χ2v) is 5.20. The summed E-state index contributed by atoms with van der Waals surface area (Å²) in [4.78, 5) is 10.9. The Hall–Kier alpha value is -1.07. The van der Waals surface area contributed by atoms with Crippen LogP contribution in [-0.4, -0.2) is 30.3 Å². The number of nitrogens with one attached hydrogen (secondary N) is 1. The van der Waals surface area contributed by atoms with Gasteiger partial charge in [-0.05, 0) is 53.4 Å². The van der Waals surface area contributed by atoms with E-state index in [0.717, 1.165) is 38.1 Å². The van der Waals surface area contributed by atoms with Crippen LogP contribution in [0.2, 0.25) is 0 Å². The summed E-state index contributed by atoms with van der Waals surface area (Å²) < 4.78 is 6.13. The number of anilines is 1. The number of carbonyl (C=O) groups is 1. The summed E-state index contributed by atoms with van der Waals surface area (Å²) in [6, 6.07) is 5.17. The molecule has 18 heavy (non-hydrogen) atoms. The van der Waals surface area contributed by atoms with Crippen molar-refractivity contribution >= 4 is 27.6 Å². The molecular formula is C13H16BrNO3. The maximum absolute atomic E-state index is 10.9. The first-order chi connectivity index (χ1) is 8.66. The predicted octanol–water partition coefficient (Wildman–Crippen LogP) is 3.13. The highest BCUT2D eigenvalue weighted by atomic mass is 79.9. The van der Waals surface area contributed by atoms with Crippen molar-refractivity contribution < 1.29 is 14.6 Å². The third-order valence-electron chi connectivity index (χ3n) is 3.02. The monoisotopic (exact) mass is 313 g/mol. The van der Waals surface area contributed by atoms with Gasteiger partial charge in [0.25, 0.3) is 0 Å². The largest absolute Gasteiger partial charge is 0.478 e. The first-order valence-electron chi connectivity index (χ1n) is 6.05. The summed E-state index contributed by atoms with van der Waals surface area (Å²) in [7, 11) is 0. The zero-order valence-electron chi connectivity index (χ0n) is 9.99. The van der Waals surface area contributed by atoms with Gasteiger partial charge in [-0.25, -0.2) is 4.79 Å². The quantitative estimate of drug-likeness (QED) is 0.877. The Morgan fingerprint density at radius 1 is 1.56 bits per heavy atom. The highest BCUT2D eigenvalue weighted by Gasteiger charge is 2.14. The van der Waals surface area contributed by atoms with E-state index in [1.54, 1.807) is 18.2 Å². The molecule has 2 rings (SSSR count). The Balaban J connectivity index is 1.85. The molecule has 4 nitrogen and oxygen atoms in total. The van der Waals surface area contributed by atoms with Crippen molar-refractivity contribution in [3.05, 3.63) is 28.2 Å². The van der Waals surface area contributed by atoms with Gasteiger partial charge in [-0.1, -0.05) is 0 Å². The lowest BCUT2D eigenvalue weighted by molar-refractivity contribution is 0.0696. The summed E-state index contributed by atoms with van der Waals surface area (Å²) >= 11 is 3.26. The van der Waals surface area contributed by atoms with E-state index < -0.39 is 5.97 Å². The molecule has 1 aliphatic heterocycles. The molecule has 2 N–H and O–H groups in total. The fourth-order valence-corrected chi connectivity index (χ4v) is 2.60. The average Bonchev–Trinajstić information content (AvgIpc) is 2.81.